The van der Waals surface area contributed by atoms with Gasteiger partial charge in [-0.3, -0.25) is 19.7 Å². The zero-order valence-electron chi connectivity index (χ0n) is 21.4. The van der Waals surface area contributed by atoms with Gasteiger partial charge in [-0.25, -0.2) is 14.5 Å². The predicted molar refractivity (Wildman–Crippen MR) is 143 cm³/mol. The first kappa shape index (κ1) is 26.8. The maximum absolute atomic E-state index is 13.1. The van der Waals surface area contributed by atoms with Crippen LogP contribution in [-0.2, 0) is 19.1 Å². The van der Waals surface area contributed by atoms with E-state index in [0.29, 0.717) is 17.0 Å². The monoisotopic (exact) mass is 527 g/mol. The molecule has 0 atom stereocenters. The van der Waals surface area contributed by atoms with Crippen LogP contribution in [0.3, 0.4) is 0 Å². The number of aryl methyl sites for hydroxylation is 2. The molecule has 1 aliphatic heterocycles. The van der Waals surface area contributed by atoms with Crippen LogP contribution in [0.2, 0.25) is 0 Å². The Labute approximate surface area is 224 Å². The molecular weight excluding hydrogens is 502 g/mol. The molecule has 1 saturated heterocycles. The Bertz CT molecular complexity index is 1490. The fraction of sp³-hybridized carbons (Fsp3) is 0.138. The highest BCUT2D eigenvalue weighted by molar-refractivity contribution is 6.39. The molecule has 1 fully saturated rings. The van der Waals surface area contributed by atoms with Gasteiger partial charge in [-0.15, -0.1) is 0 Å². The first-order chi connectivity index (χ1) is 18.7. The quantitative estimate of drug-likeness (QED) is 0.272. The predicted octanol–water partition coefficient (Wildman–Crippen LogP) is 3.77. The number of ether oxygens (including phenoxy) is 2. The second kappa shape index (κ2) is 11.4. The summed E-state index contributed by atoms with van der Waals surface area (Å²) < 4.78 is 10.2. The zero-order valence-corrected chi connectivity index (χ0v) is 21.4. The number of rotatable bonds is 7. The summed E-state index contributed by atoms with van der Waals surface area (Å²) in [5.74, 6) is -2.13. The van der Waals surface area contributed by atoms with Crippen molar-refractivity contribution in [2.45, 2.75) is 13.8 Å². The van der Waals surface area contributed by atoms with E-state index in [4.69, 9.17) is 4.74 Å². The Morgan fingerprint density at radius 2 is 1.64 bits per heavy atom. The van der Waals surface area contributed by atoms with Crippen LogP contribution < -0.4 is 20.3 Å². The minimum atomic E-state index is -0.907. The van der Waals surface area contributed by atoms with Gasteiger partial charge in [-0.1, -0.05) is 29.8 Å². The topological polar surface area (TPSA) is 131 Å². The summed E-state index contributed by atoms with van der Waals surface area (Å²) in [6.45, 7) is 3.67. The fourth-order valence-corrected chi connectivity index (χ4v) is 3.87. The lowest BCUT2D eigenvalue weighted by molar-refractivity contribution is -0.122. The lowest BCUT2D eigenvalue weighted by Crippen LogP contribution is -2.54. The van der Waals surface area contributed by atoms with Crippen molar-refractivity contribution in [2.75, 3.05) is 23.9 Å². The molecule has 0 saturated carbocycles. The summed E-state index contributed by atoms with van der Waals surface area (Å²) in [7, 11) is 1.24. The standard InChI is InChI=1S/C29H25N3O7/c1-17-4-13-24(18(2)14-17)30-25(33)16-39-22-11-5-19(6-12-22)15-23-26(34)31-29(37)32(27(23)35)21-9-7-20(8-10-21)28(36)38-3/h4-15H,16H2,1-3H3,(H,30,33)(H,31,34,37)/b23-15-. The van der Waals surface area contributed by atoms with Gasteiger partial charge in [-0.05, 0) is 73.5 Å². The fourth-order valence-electron chi connectivity index (χ4n) is 3.87. The van der Waals surface area contributed by atoms with Crippen molar-refractivity contribution in [2.24, 2.45) is 0 Å². The third kappa shape index (κ3) is 6.19. The number of urea groups is 1. The number of carbonyl (C=O) groups excluding carboxylic acids is 5. The van der Waals surface area contributed by atoms with E-state index in [0.717, 1.165) is 16.0 Å². The van der Waals surface area contributed by atoms with E-state index in [1.165, 1.54) is 37.5 Å². The van der Waals surface area contributed by atoms with Gasteiger partial charge in [0.1, 0.15) is 11.3 Å². The van der Waals surface area contributed by atoms with E-state index in [-0.39, 0.29) is 29.3 Å². The van der Waals surface area contributed by atoms with Gasteiger partial charge < -0.3 is 14.8 Å². The third-order valence-corrected chi connectivity index (χ3v) is 5.87. The number of carbonyl (C=O) groups is 5. The van der Waals surface area contributed by atoms with Gasteiger partial charge >= 0.3 is 12.0 Å². The smallest absolute Gasteiger partial charge is 0.337 e. The van der Waals surface area contributed by atoms with Crippen molar-refractivity contribution < 1.29 is 33.4 Å². The molecule has 1 heterocycles. The highest BCUT2D eigenvalue weighted by atomic mass is 16.5. The molecule has 0 aromatic heterocycles. The molecule has 0 radical (unpaired) electrons. The largest absolute Gasteiger partial charge is 0.484 e. The van der Waals surface area contributed by atoms with Crippen LogP contribution in [-0.4, -0.2) is 43.4 Å². The molecule has 4 rings (SSSR count). The molecule has 2 N–H and O–H groups in total. The van der Waals surface area contributed by atoms with Crippen molar-refractivity contribution in [3.05, 3.63) is 94.6 Å². The average molecular weight is 528 g/mol. The first-order valence-electron chi connectivity index (χ1n) is 11.9. The minimum absolute atomic E-state index is 0.173. The van der Waals surface area contributed by atoms with E-state index in [1.54, 1.807) is 24.3 Å². The molecule has 1 aliphatic rings. The number of nitrogens with zero attached hydrogens (tertiary/aromatic N) is 1. The third-order valence-electron chi connectivity index (χ3n) is 5.87. The van der Waals surface area contributed by atoms with Gasteiger partial charge in [-0.2, -0.15) is 0 Å². The van der Waals surface area contributed by atoms with Crippen LogP contribution in [0.4, 0.5) is 16.2 Å². The second-order valence-corrected chi connectivity index (χ2v) is 8.72. The van der Waals surface area contributed by atoms with E-state index in [9.17, 15) is 24.0 Å². The molecule has 10 nitrogen and oxygen atoms in total. The Morgan fingerprint density at radius 1 is 0.949 bits per heavy atom. The molecule has 3 aromatic carbocycles. The van der Waals surface area contributed by atoms with Gasteiger partial charge in [0.25, 0.3) is 17.7 Å². The number of imide groups is 2. The number of methoxy groups -OCH3 is 1. The Balaban J connectivity index is 1.43. The summed E-state index contributed by atoms with van der Waals surface area (Å²) in [4.78, 5) is 62.7. The number of hydrogen-bond acceptors (Lipinski definition) is 7. The summed E-state index contributed by atoms with van der Waals surface area (Å²) in [6, 6.07) is 16.8. The summed E-state index contributed by atoms with van der Waals surface area (Å²) in [5, 5.41) is 4.95. The van der Waals surface area contributed by atoms with Gasteiger partial charge in [0.05, 0.1) is 18.4 Å². The van der Waals surface area contributed by atoms with Crippen LogP contribution in [0.5, 0.6) is 5.75 Å². The Kier molecular flexibility index (Phi) is 7.85. The van der Waals surface area contributed by atoms with Crippen molar-refractivity contribution in [1.82, 2.24) is 5.32 Å². The molecule has 0 unspecified atom stereocenters. The second-order valence-electron chi connectivity index (χ2n) is 8.72. The van der Waals surface area contributed by atoms with E-state index in [1.807, 2.05) is 32.0 Å². The van der Waals surface area contributed by atoms with Crippen molar-refractivity contribution in [3.63, 3.8) is 0 Å². The SMILES string of the molecule is COC(=O)c1ccc(N2C(=O)NC(=O)/C(=C/c3ccc(OCC(=O)Nc4ccc(C)cc4C)cc3)C2=O)cc1. The molecule has 0 spiro atoms. The van der Waals surface area contributed by atoms with Crippen LogP contribution in [0, 0.1) is 13.8 Å². The first-order valence-corrected chi connectivity index (χ1v) is 11.9. The molecule has 198 valence electrons. The molecule has 0 aliphatic carbocycles. The maximum Gasteiger partial charge on any atom is 0.337 e. The molecular formula is C29H25N3O7. The van der Waals surface area contributed by atoms with Crippen molar-refractivity contribution in [1.29, 1.82) is 0 Å². The lowest BCUT2D eigenvalue weighted by atomic mass is 10.1. The lowest BCUT2D eigenvalue weighted by Gasteiger charge is -2.26. The Morgan fingerprint density at radius 3 is 2.28 bits per heavy atom. The molecule has 3 aromatic rings. The minimum Gasteiger partial charge on any atom is -0.484 e. The van der Waals surface area contributed by atoms with Gasteiger partial charge in [0, 0.05) is 5.69 Å². The number of nitrogens with one attached hydrogen (secondary N) is 2. The normalized spacial score (nSPS) is 14.2. The highest BCUT2D eigenvalue weighted by Crippen LogP contribution is 2.23. The number of esters is 1. The van der Waals surface area contributed by atoms with E-state index in [2.05, 4.69) is 15.4 Å². The van der Waals surface area contributed by atoms with E-state index < -0.39 is 23.8 Å². The highest BCUT2D eigenvalue weighted by Gasteiger charge is 2.36. The number of amides is 5. The average Bonchev–Trinajstić information content (AvgIpc) is 2.92. The summed E-state index contributed by atoms with van der Waals surface area (Å²) >= 11 is 0. The van der Waals surface area contributed by atoms with Gasteiger partial charge in [0.15, 0.2) is 6.61 Å². The molecule has 5 amide bonds. The number of anilines is 2. The van der Waals surface area contributed by atoms with E-state index >= 15 is 0 Å². The number of barbiturate groups is 1. The van der Waals surface area contributed by atoms with Crippen molar-refractivity contribution >= 4 is 47.2 Å². The van der Waals surface area contributed by atoms with Crippen LogP contribution >= 0.6 is 0 Å². The van der Waals surface area contributed by atoms with Crippen LogP contribution in [0.15, 0.2) is 72.3 Å². The molecule has 39 heavy (non-hydrogen) atoms. The zero-order chi connectivity index (χ0) is 28.1. The van der Waals surface area contributed by atoms with Crippen LogP contribution in [0.25, 0.3) is 6.08 Å². The summed E-state index contributed by atoms with van der Waals surface area (Å²) in [6.07, 6.45) is 1.34. The molecule has 0 bridgehead atoms. The maximum atomic E-state index is 13.1. The molecule has 10 heteroatoms. The summed E-state index contributed by atoms with van der Waals surface area (Å²) in [5.41, 5.74) is 3.40. The van der Waals surface area contributed by atoms with Crippen LogP contribution in [0.1, 0.15) is 27.0 Å². The van der Waals surface area contributed by atoms with Crippen molar-refractivity contribution in [3.8, 4) is 5.75 Å². The number of hydrogen-bond donors (Lipinski definition) is 2. The Hall–Kier alpha value is -5.25. The number of benzene rings is 3. The van der Waals surface area contributed by atoms with Gasteiger partial charge in [0.2, 0.25) is 0 Å².